The van der Waals surface area contributed by atoms with Crippen LogP contribution in [0.5, 0.6) is 0 Å². The summed E-state index contributed by atoms with van der Waals surface area (Å²) in [6, 6.07) is 12.8. The van der Waals surface area contributed by atoms with Crippen LogP contribution in [0.15, 0.2) is 53.2 Å². The average Bonchev–Trinajstić information content (AvgIpc) is 3.28. The third-order valence-electron chi connectivity index (χ3n) is 5.12. The van der Waals surface area contributed by atoms with Crippen LogP contribution < -0.4 is 4.57 Å². The topological polar surface area (TPSA) is 34.8 Å². The molecule has 27 heavy (non-hydrogen) atoms. The monoisotopic (exact) mass is 374 g/mol. The molecule has 0 amide bonds. The molecule has 0 aliphatic heterocycles. The standard InChI is InChI=1S/C22H20N3OS/c1-13-7-5-6-8-17(13)25-12-11-24(4)21(25)18-14(2)9-10-16-19-22(27-20(16)18)26-15(3)23-19/h5-12H,1-4H3/q+1. The molecule has 4 nitrogen and oxygen atoms in total. The van der Waals surface area contributed by atoms with Gasteiger partial charge in [-0.25, -0.2) is 9.55 Å². The molecular weight excluding hydrogens is 354 g/mol. The summed E-state index contributed by atoms with van der Waals surface area (Å²) in [4.78, 5) is 5.50. The van der Waals surface area contributed by atoms with E-state index in [0.29, 0.717) is 5.89 Å². The van der Waals surface area contributed by atoms with Gasteiger partial charge in [0.1, 0.15) is 23.6 Å². The number of thiophene rings is 1. The van der Waals surface area contributed by atoms with E-state index < -0.39 is 0 Å². The van der Waals surface area contributed by atoms with E-state index in [1.165, 1.54) is 27.1 Å². The summed E-state index contributed by atoms with van der Waals surface area (Å²) in [6.45, 7) is 6.22. The lowest BCUT2D eigenvalue weighted by Crippen LogP contribution is -2.29. The summed E-state index contributed by atoms with van der Waals surface area (Å²) in [6.07, 6.45) is 4.25. The van der Waals surface area contributed by atoms with Gasteiger partial charge >= 0.3 is 0 Å². The van der Waals surface area contributed by atoms with Crippen LogP contribution >= 0.6 is 11.3 Å². The summed E-state index contributed by atoms with van der Waals surface area (Å²) >= 11 is 1.68. The van der Waals surface area contributed by atoms with Crippen molar-refractivity contribution in [2.45, 2.75) is 20.8 Å². The molecule has 0 unspecified atom stereocenters. The molecule has 0 aliphatic rings. The fraction of sp³-hybridized carbons (Fsp3) is 0.182. The molecule has 5 aromatic rings. The summed E-state index contributed by atoms with van der Waals surface area (Å²) in [5.41, 5.74) is 5.88. The number of rotatable bonds is 2. The normalized spacial score (nSPS) is 11.7. The second-order valence-electron chi connectivity index (χ2n) is 6.99. The third kappa shape index (κ3) is 2.35. The Hall–Kier alpha value is -2.92. The van der Waals surface area contributed by atoms with Crippen LogP contribution in [-0.4, -0.2) is 9.55 Å². The molecule has 3 aromatic heterocycles. The highest BCUT2D eigenvalue weighted by molar-refractivity contribution is 7.25. The van der Waals surface area contributed by atoms with Crippen LogP contribution in [0, 0.1) is 20.8 Å². The van der Waals surface area contributed by atoms with Crippen molar-refractivity contribution < 1.29 is 8.98 Å². The number of nitrogens with zero attached hydrogens (tertiary/aromatic N) is 3. The SMILES string of the molecule is Cc1nc2c(o1)sc1c(-c3n(-c4ccccc4C)cc[n+]3C)c(C)ccc12. The largest absolute Gasteiger partial charge is 0.430 e. The molecule has 0 spiro atoms. The lowest BCUT2D eigenvalue weighted by Gasteiger charge is -2.09. The first kappa shape index (κ1) is 16.3. The van der Waals surface area contributed by atoms with Gasteiger partial charge in [0.2, 0.25) is 4.90 Å². The van der Waals surface area contributed by atoms with E-state index in [1.807, 2.05) is 6.92 Å². The van der Waals surface area contributed by atoms with Crippen LogP contribution in [0.2, 0.25) is 0 Å². The maximum atomic E-state index is 5.82. The Balaban J connectivity index is 1.87. The van der Waals surface area contributed by atoms with E-state index in [-0.39, 0.29) is 0 Å². The summed E-state index contributed by atoms with van der Waals surface area (Å²) in [5, 5.41) is 1.16. The number of para-hydroxylation sites is 1. The molecule has 0 N–H and O–H groups in total. The van der Waals surface area contributed by atoms with Gasteiger partial charge in [-0.05, 0) is 31.0 Å². The van der Waals surface area contributed by atoms with Gasteiger partial charge < -0.3 is 4.42 Å². The minimum Gasteiger partial charge on any atom is -0.430 e. The number of hydrogen-bond donors (Lipinski definition) is 0. The van der Waals surface area contributed by atoms with Crippen molar-refractivity contribution in [3.63, 3.8) is 0 Å². The smallest absolute Gasteiger partial charge is 0.295 e. The molecule has 5 rings (SSSR count). The van der Waals surface area contributed by atoms with E-state index in [1.54, 1.807) is 11.3 Å². The zero-order valence-electron chi connectivity index (χ0n) is 15.8. The zero-order chi connectivity index (χ0) is 18.7. The Bertz CT molecular complexity index is 1320. The molecule has 134 valence electrons. The zero-order valence-corrected chi connectivity index (χ0v) is 16.6. The highest BCUT2D eigenvalue weighted by Gasteiger charge is 2.26. The van der Waals surface area contributed by atoms with E-state index in [2.05, 4.69) is 83.8 Å². The van der Waals surface area contributed by atoms with Crippen LogP contribution in [0.1, 0.15) is 17.0 Å². The molecule has 0 saturated heterocycles. The van der Waals surface area contributed by atoms with Gasteiger partial charge in [0.15, 0.2) is 5.89 Å². The van der Waals surface area contributed by atoms with Gasteiger partial charge in [-0.1, -0.05) is 41.7 Å². The maximum absolute atomic E-state index is 5.82. The number of hydrogen-bond acceptors (Lipinski definition) is 3. The van der Waals surface area contributed by atoms with E-state index >= 15 is 0 Å². The molecule has 0 bridgehead atoms. The molecule has 0 fully saturated rings. The van der Waals surface area contributed by atoms with Crippen molar-refractivity contribution in [1.29, 1.82) is 0 Å². The summed E-state index contributed by atoms with van der Waals surface area (Å²) < 4.78 is 11.5. The minimum absolute atomic E-state index is 0.717. The average molecular weight is 374 g/mol. The number of imidazole rings is 1. The van der Waals surface area contributed by atoms with Gasteiger partial charge in [-0.2, -0.15) is 4.57 Å². The Morgan fingerprint density at radius 3 is 2.67 bits per heavy atom. The first-order chi connectivity index (χ1) is 13.0. The van der Waals surface area contributed by atoms with Crippen LogP contribution in [0.25, 0.3) is 37.6 Å². The Labute approximate surface area is 161 Å². The van der Waals surface area contributed by atoms with Crippen LogP contribution in [-0.2, 0) is 7.05 Å². The second kappa shape index (κ2) is 5.79. The molecule has 0 radical (unpaired) electrons. The minimum atomic E-state index is 0.717. The quantitative estimate of drug-likeness (QED) is 0.396. The van der Waals surface area contributed by atoms with Gasteiger partial charge in [-0.3, -0.25) is 0 Å². The van der Waals surface area contributed by atoms with Gasteiger partial charge in [0, 0.05) is 12.3 Å². The van der Waals surface area contributed by atoms with Crippen LogP contribution in [0.4, 0.5) is 0 Å². The maximum Gasteiger partial charge on any atom is 0.295 e. The van der Waals surface area contributed by atoms with E-state index in [4.69, 9.17) is 4.42 Å². The second-order valence-corrected chi connectivity index (χ2v) is 7.98. The Kier molecular flexibility index (Phi) is 3.49. The highest BCUT2D eigenvalue weighted by Crippen LogP contribution is 2.41. The third-order valence-corrected chi connectivity index (χ3v) is 6.21. The van der Waals surface area contributed by atoms with Gasteiger partial charge in [0.05, 0.1) is 17.3 Å². The molecule has 0 aliphatic carbocycles. The molecular formula is C22H20N3OS+. The fourth-order valence-corrected chi connectivity index (χ4v) is 5.02. The Morgan fingerprint density at radius 1 is 1.04 bits per heavy atom. The fourth-order valence-electron chi connectivity index (χ4n) is 3.79. The molecule has 5 heteroatoms. The number of aromatic nitrogens is 3. The first-order valence-corrected chi connectivity index (χ1v) is 9.79. The number of oxazole rings is 1. The predicted octanol–water partition coefficient (Wildman–Crippen LogP) is 5.25. The van der Waals surface area contributed by atoms with E-state index in [9.17, 15) is 0 Å². The van der Waals surface area contributed by atoms with Gasteiger partial charge in [0.25, 0.3) is 5.82 Å². The Morgan fingerprint density at radius 2 is 1.85 bits per heavy atom. The van der Waals surface area contributed by atoms with Crippen molar-refractivity contribution >= 4 is 31.8 Å². The molecule has 0 saturated carbocycles. The highest BCUT2D eigenvalue weighted by atomic mass is 32.1. The van der Waals surface area contributed by atoms with Crippen molar-refractivity contribution in [2.75, 3.05) is 0 Å². The lowest BCUT2D eigenvalue weighted by molar-refractivity contribution is -0.659. The molecule has 3 heterocycles. The van der Waals surface area contributed by atoms with Crippen molar-refractivity contribution in [2.24, 2.45) is 7.05 Å². The summed E-state index contributed by atoms with van der Waals surface area (Å²) in [5.74, 6) is 1.88. The van der Waals surface area contributed by atoms with Crippen LogP contribution in [0.3, 0.4) is 0 Å². The van der Waals surface area contributed by atoms with Crippen molar-refractivity contribution in [3.05, 3.63) is 65.8 Å². The van der Waals surface area contributed by atoms with Crippen molar-refractivity contribution in [1.82, 2.24) is 9.55 Å². The predicted molar refractivity (Wildman–Crippen MR) is 110 cm³/mol. The lowest BCUT2D eigenvalue weighted by atomic mass is 10.0. The number of fused-ring (bicyclic) bond motifs is 3. The van der Waals surface area contributed by atoms with Crippen molar-refractivity contribution in [3.8, 4) is 17.1 Å². The molecule has 2 aromatic carbocycles. The first-order valence-electron chi connectivity index (χ1n) is 8.97. The van der Waals surface area contributed by atoms with E-state index in [0.717, 1.165) is 21.6 Å². The molecule has 0 atom stereocenters. The van der Waals surface area contributed by atoms with Gasteiger partial charge in [-0.15, -0.1) is 0 Å². The number of benzene rings is 2. The summed E-state index contributed by atoms with van der Waals surface area (Å²) in [7, 11) is 2.10. The number of aryl methyl sites for hydroxylation is 4.